The fourth-order valence-corrected chi connectivity index (χ4v) is 7.19. The third-order valence-corrected chi connectivity index (χ3v) is 9.71. The molecule has 6 rings (SSSR count). The molecule has 0 radical (unpaired) electrons. The number of piperidine rings is 3. The number of esters is 1. The summed E-state index contributed by atoms with van der Waals surface area (Å²) in [6.45, 7) is 3.46. The summed E-state index contributed by atoms with van der Waals surface area (Å²) >= 11 is 6.27. The summed E-state index contributed by atoms with van der Waals surface area (Å²) in [5.41, 5.74) is 2.64. The number of rotatable bonds is 11. The van der Waals surface area contributed by atoms with Gasteiger partial charge in [0, 0.05) is 18.7 Å². The number of carbonyl (C=O) groups excluding carboxylic acids is 2. The van der Waals surface area contributed by atoms with Gasteiger partial charge in [-0.05, 0) is 87.2 Å². The van der Waals surface area contributed by atoms with Crippen LogP contribution in [0.3, 0.4) is 0 Å². The van der Waals surface area contributed by atoms with E-state index in [-0.39, 0.29) is 29.6 Å². The van der Waals surface area contributed by atoms with Crippen molar-refractivity contribution in [3.05, 3.63) is 63.7 Å². The van der Waals surface area contributed by atoms with Crippen molar-refractivity contribution in [2.75, 3.05) is 33.3 Å². The number of methoxy groups -OCH3 is 1. The Bertz CT molecular complexity index is 1220. The number of ether oxygens (including phenoxy) is 2. The van der Waals surface area contributed by atoms with Gasteiger partial charge in [0.25, 0.3) is 5.91 Å². The maximum Gasteiger partial charge on any atom is 0.316 e. The van der Waals surface area contributed by atoms with Gasteiger partial charge in [0.15, 0.2) is 0 Å². The van der Waals surface area contributed by atoms with E-state index in [0.29, 0.717) is 29.3 Å². The van der Waals surface area contributed by atoms with Crippen LogP contribution in [0.15, 0.2) is 36.4 Å². The van der Waals surface area contributed by atoms with E-state index >= 15 is 0 Å². The van der Waals surface area contributed by atoms with Crippen LogP contribution in [0.2, 0.25) is 5.02 Å². The predicted octanol–water partition coefficient (Wildman–Crippen LogP) is 5.43. The number of fused-ring (bicyclic) bond motifs is 3. The molecule has 4 aliphatic rings. The predicted molar refractivity (Wildman–Crippen MR) is 159 cm³/mol. The van der Waals surface area contributed by atoms with E-state index in [4.69, 9.17) is 21.1 Å². The van der Waals surface area contributed by atoms with E-state index in [9.17, 15) is 14.7 Å². The van der Waals surface area contributed by atoms with Crippen LogP contribution in [0.4, 0.5) is 0 Å². The molecule has 3 aliphatic heterocycles. The first-order valence-electron chi connectivity index (χ1n) is 15.2. The second-order valence-corrected chi connectivity index (χ2v) is 12.3. The van der Waals surface area contributed by atoms with Gasteiger partial charge in [-0.2, -0.15) is 0 Å². The first-order valence-corrected chi connectivity index (χ1v) is 15.6. The van der Waals surface area contributed by atoms with Crippen molar-refractivity contribution in [3.8, 4) is 5.75 Å². The molecule has 2 N–H and O–H groups in total. The molecule has 2 aromatic rings. The molecule has 2 bridgehead atoms. The molecule has 1 atom stereocenters. The van der Waals surface area contributed by atoms with E-state index in [1.165, 1.54) is 19.1 Å². The zero-order valence-corrected chi connectivity index (χ0v) is 24.9. The minimum atomic E-state index is -0.542. The van der Waals surface area contributed by atoms with Crippen LogP contribution in [0, 0.1) is 5.92 Å². The number of halogens is 1. The van der Waals surface area contributed by atoms with Crippen LogP contribution >= 0.6 is 11.6 Å². The molecule has 0 unspecified atom stereocenters. The van der Waals surface area contributed by atoms with Crippen LogP contribution in [-0.2, 0) is 28.0 Å². The maximum atomic E-state index is 13.8. The molecule has 1 saturated carbocycles. The first kappa shape index (κ1) is 29.9. The Kier molecular flexibility index (Phi) is 9.89. The fourth-order valence-electron chi connectivity index (χ4n) is 6.92. The highest BCUT2D eigenvalue weighted by molar-refractivity contribution is 6.34. The zero-order valence-electron chi connectivity index (χ0n) is 24.1. The lowest BCUT2D eigenvalue weighted by atomic mass is 9.69. The summed E-state index contributed by atoms with van der Waals surface area (Å²) in [4.78, 5) is 29.0. The lowest BCUT2D eigenvalue weighted by Gasteiger charge is -2.45. The highest BCUT2D eigenvalue weighted by Crippen LogP contribution is 2.42. The van der Waals surface area contributed by atoms with Crippen LogP contribution in [0.1, 0.15) is 84.8 Å². The molecule has 0 spiro atoms. The highest BCUT2D eigenvalue weighted by Gasteiger charge is 2.45. The number of hydrogen-bond donors (Lipinski definition) is 2. The third kappa shape index (κ3) is 6.73. The molecule has 1 amide bonds. The quantitative estimate of drug-likeness (QED) is 0.271. The van der Waals surface area contributed by atoms with Gasteiger partial charge in [-0.3, -0.25) is 14.5 Å². The topological polar surface area (TPSA) is 88.1 Å². The largest absolute Gasteiger partial charge is 0.496 e. The number of unbranched alkanes of at least 4 members (excludes halogenated alkanes) is 1. The van der Waals surface area contributed by atoms with Gasteiger partial charge in [0.05, 0.1) is 29.7 Å². The maximum absolute atomic E-state index is 13.8. The lowest BCUT2D eigenvalue weighted by molar-refractivity contribution is -0.167. The number of aliphatic hydroxyl groups excluding tert-OH is 1. The van der Waals surface area contributed by atoms with Gasteiger partial charge >= 0.3 is 5.97 Å². The zero-order chi connectivity index (χ0) is 28.8. The van der Waals surface area contributed by atoms with E-state index in [2.05, 4.69) is 34.5 Å². The first-order chi connectivity index (χ1) is 19.9. The molecule has 1 aliphatic carbocycles. The normalized spacial score (nSPS) is 23.1. The average Bonchev–Trinajstić information content (AvgIpc) is 3.01. The lowest BCUT2D eigenvalue weighted by Crippen LogP contribution is -2.53. The van der Waals surface area contributed by atoms with Crippen LogP contribution in [0.5, 0.6) is 5.75 Å². The number of amides is 1. The Hall–Kier alpha value is -2.61. The Labute approximate surface area is 248 Å². The standard InChI is InChI=1S/C33H43ClN2O5/c1-40-29-20-27(28(34)19-25(29)22-37)31(38)35-15-6-3-8-23-9-7-10-26(18-23)33(13-4-2-5-14-33)32(39)41-30-21-36-16-11-24(30)12-17-36/h7,9-10,18-20,24,30,37H,2-6,8,11-17,21-22H2,1H3,(H,35,38)/t30-/m0/s1. The average molecular weight is 583 g/mol. The van der Waals surface area contributed by atoms with E-state index in [0.717, 1.165) is 83.0 Å². The van der Waals surface area contributed by atoms with Gasteiger partial charge in [-0.1, -0.05) is 55.1 Å². The number of carbonyl (C=O) groups is 2. The number of aryl methyl sites for hydroxylation is 1. The van der Waals surface area contributed by atoms with E-state index < -0.39 is 5.41 Å². The summed E-state index contributed by atoms with van der Waals surface area (Å²) in [5.74, 6) is 0.665. The minimum absolute atomic E-state index is 0.0156. The van der Waals surface area contributed by atoms with Crippen molar-refractivity contribution in [1.82, 2.24) is 10.2 Å². The molecule has 3 heterocycles. The summed E-state index contributed by atoms with van der Waals surface area (Å²) in [7, 11) is 1.50. The van der Waals surface area contributed by atoms with Crippen molar-refractivity contribution < 1.29 is 24.2 Å². The summed E-state index contributed by atoms with van der Waals surface area (Å²) in [6, 6.07) is 11.7. The minimum Gasteiger partial charge on any atom is -0.496 e. The highest BCUT2D eigenvalue weighted by atomic mass is 35.5. The number of nitrogens with one attached hydrogen (secondary N) is 1. The van der Waals surface area contributed by atoms with Gasteiger partial charge in [-0.15, -0.1) is 0 Å². The van der Waals surface area contributed by atoms with Crippen LogP contribution in [0.25, 0.3) is 0 Å². The molecule has 7 nitrogen and oxygen atoms in total. The SMILES string of the molecule is COc1cc(C(=O)NCCCCc2cccc(C3(C(=O)O[C@H]4CN5CCC4CC5)CCCCC3)c2)c(Cl)cc1CO. The summed E-state index contributed by atoms with van der Waals surface area (Å²) in [5, 5.41) is 12.7. The second kappa shape index (κ2) is 13.6. The van der Waals surface area contributed by atoms with Gasteiger partial charge in [0.2, 0.25) is 0 Å². The molecule has 8 heteroatoms. The smallest absolute Gasteiger partial charge is 0.316 e. The van der Waals surface area contributed by atoms with Gasteiger partial charge in [0.1, 0.15) is 11.9 Å². The molecule has 41 heavy (non-hydrogen) atoms. The van der Waals surface area contributed by atoms with Gasteiger partial charge < -0.3 is 19.9 Å². The monoisotopic (exact) mass is 582 g/mol. The molecule has 222 valence electrons. The van der Waals surface area contributed by atoms with Crippen LogP contribution in [-0.4, -0.2) is 61.3 Å². The van der Waals surface area contributed by atoms with Crippen LogP contribution < -0.4 is 10.1 Å². The van der Waals surface area contributed by atoms with Crippen molar-refractivity contribution in [2.24, 2.45) is 5.92 Å². The Morgan fingerprint density at radius 1 is 1.10 bits per heavy atom. The molecule has 0 aromatic heterocycles. The number of hydrogen-bond acceptors (Lipinski definition) is 6. The van der Waals surface area contributed by atoms with Crippen molar-refractivity contribution in [2.45, 2.75) is 82.3 Å². The summed E-state index contributed by atoms with van der Waals surface area (Å²) < 4.78 is 11.6. The van der Waals surface area contributed by atoms with Gasteiger partial charge in [-0.25, -0.2) is 0 Å². The van der Waals surface area contributed by atoms with Crippen molar-refractivity contribution in [3.63, 3.8) is 0 Å². The number of nitrogens with zero attached hydrogens (tertiary/aromatic N) is 1. The van der Waals surface area contributed by atoms with E-state index in [1.807, 2.05) is 0 Å². The Morgan fingerprint density at radius 2 is 1.88 bits per heavy atom. The van der Waals surface area contributed by atoms with Crippen molar-refractivity contribution >= 4 is 23.5 Å². The molecular formula is C33H43ClN2O5. The fraction of sp³-hybridized carbons (Fsp3) is 0.576. The third-order valence-electron chi connectivity index (χ3n) is 9.39. The van der Waals surface area contributed by atoms with E-state index in [1.54, 1.807) is 12.1 Å². The molecule has 2 aromatic carbocycles. The summed E-state index contributed by atoms with van der Waals surface area (Å²) in [6.07, 6.45) is 9.88. The Morgan fingerprint density at radius 3 is 2.56 bits per heavy atom. The van der Waals surface area contributed by atoms with Crippen molar-refractivity contribution in [1.29, 1.82) is 0 Å². The second-order valence-electron chi connectivity index (χ2n) is 11.9. The number of benzene rings is 2. The number of aliphatic hydroxyl groups is 1. The Balaban J connectivity index is 1.17. The molecular weight excluding hydrogens is 540 g/mol. The molecule has 4 fully saturated rings. The molecule has 3 saturated heterocycles.